The van der Waals surface area contributed by atoms with E-state index in [0.717, 1.165) is 60.5 Å². The van der Waals surface area contributed by atoms with Crippen LogP contribution in [-0.4, -0.2) is 37.9 Å². The highest BCUT2D eigenvalue weighted by molar-refractivity contribution is 5.85. The van der Waals surface area contributed by atoms with E-state index in [0.29, 0.717) is 6.07 Å². The lowest BCUT2D eigenvalue weighted by molar-refractivity contribution is -0.210. The van der Waals surface area contributed by atoms with Crippen LogP contribution in [0.25, 0.3) is 0 Å². The summed E-state index contributed by atoms with van der Waals surface area (Å²) in [5.41, 5.74) is -0.888. The number of amides is 1. The maximum atomic E-state index is 13.8. The van der Waals surface area contributed by atoms with Crippen molar-refractivity contribution < 1.29 is 41.8 Å². The van der Waals surface area contributed by atoms with E-state index in [1.807, 2.05) is 30.3 Å². The SMILES string of the molecule is O=C(O)c1cc(OCc2cc(F)cc(C(F)(F)F)c2)n(CC(=O)N(OCc2ccccc2)C2CCCCC2)n1. The normalized spacial score (nSPS) is 14.3. The highest BCUT2D eigenvalue weighted by Crippen LogP contribution is 2.31. The van der Waals surface area contributed by atoms with Crippen LogP contribution >= 0.6 is 0 Å². The molecule has 39 heavy (non-hydrogen) atoms. The summed E-state index contributed by atoms with van der Waals surface area (Å²) >= 11 is 0. The summed E-state index contributed by atoms with van der Waals surface area (Å²) in [5.74, 6) is -3.16. The van der Waals surface area contributed by atoms with Gasteiger partial charge in [0.2, 0.25) is 5.88 Å². The van der Waals surface area contributed by atoms with Gasteiger partial charge in [0, 0.05) is 6.07 Å². The average molecular weight is 550 g/mol. The topological polar surface area (TPSA) is 93.9 Å². The van der Waals surface area contributed by atoms with Gasteiger partial charge in [-0.05, 0) is 42.2 Å². The van der Waals surface area contributed by atoms with Gasteiger partial charge < -0.3 is 9.84 Å². The molecule has 1 amide bonds. The fourth-order valence-electron chi connectivity index (χ4n) is 4.40. The summed E-state index contributed by atoms with van der Waals surface area (Å²) in [5, 5.41) is 14.6. The molecule has 4 rings (SSSR count). The molecule has 1 aliphatic carbocycles. The molecule has 1 saturated carbocycles. The standard InChI is InChI=1S/C27H27F4N3O5/c28-21-12-19(11-20(13-21)27(29,30)31)16-38-25-14-23(26(36)37)32-33(25)15-24(35)34(22-9-5-2-6-10-22)39-17-18-7-3-1-4-8-18/h1,3-4,7-8,11-14,22H,2,5-6,9-10,15-17H2,(H,36,37). The van der Waals surface area contributed by atoms with E-state index in [4.69, 9.17) is 9.57 Å². The number of aromatic nitrogens is 2. The van der Waals surface area contributed by atoms with Gasteiger partial charge in [-0.3, -0.25) is 9.63 Å². The second-order valence-electron chi connectivity index (χ2n) is 9.24. The van der Waals surface area contributed by atoms with E-state index >= 15 is 0 Å². The molecule has 0 atom stereocenters. The van der Waals surface area contributed by atoms with E-state index < -0.39 is 48.3 Å². The summed E-state index contributed by atoms with van der Waals surface area (Å²) in [7, 11) is 0. The summed E-state index contributed by atoms with van der Waals surface area (Å²) in [6.45, 7) is -0.811. The van der Waals surface area contributed by atoms with Crippen LogP contribution < -0.4 is 4.74 Å². The van der Waals surface area contributed by atoms with Crippen LogP contribution in [0.4, 0.5) is 17.6 Å². The number of aromatic carboxylic acids is 1. The van der Waals surface area contributed by atoms with Gasteiger partial charge in [0.1, 0.15) is 25.6 Å². The quantitative estimate of drug-likeness (QED) is 0.261. The minimum atomic E-state index is -4.76. The number of benzene rings is 2. The van der Waals surface area contributed by atoms with Crippen molar-refractivity contribution >= 4 is 11.9 Å². The Labute approximate surface area is 221 Å². The van der Waals surface area contributed by atoms with Gasteiger partial charge in [0.25, 0.3) is 5.91 Å². The number of hydroxylamine groups is 2. The lowest BCUT2D eigenvalue weighted by Crippen LogP contribution is -2.43. The minimum Gasteiger partial charge on any atom is -0.476 e. The Morgan fingerprint density at radius 1 is 1.00 bits per heavy atom. The third kappa shape index (κ3) is 7.56. The monoisotopic (exact) mass is 549 g/mol. The van der Waals surface area contributed by atoms with Crippen LogP contribution in [0.15, 0.2) is 54.6 Å². The van der Waals surface area contributed by atoms with E-state index in [1.54, 1.807) is 0 Å². The number of halogens is 4. The van der Waals surface area contributed by atoms with Gasteiger partial charge in [-0.25, -0.2) is 18.9 Å². The number of ether oxygens (including phenoxy) is 1. The fraction of sp³-hybridized carbons (Fsp3) is 0.370. The van der Waals surface area contributed by atoms with Gasteiger partial charge in [0.05, 0.1) is 11.6 Å². The zero-order chi connectivity index (χ0) is 28.0. The number of carbonyl (C=O) groups is 2. The van der Waals surface area contributed by atoms with Crippen LogP contribution in [0.5, 0.6) is 5.88 Å². The van der Waals surface area contributed by atoms with E-state index in [1.165, 1.54) is 5.06 Å². The largest absolute Gasteiger partial charge is 0.476 e. The maximum Gasteiger partial charge on any atom is 0.416 e. The third-order valence-corrected chi connectivity index (χ3v) is 6.28. The predicted molar refractivity (Wildman–Crippen MR) is 130 cm³/mol. The first kappa shape index (κ1) is 28.1. The molecule has 1 fully saturated rings. The summed E-state index contributed by atoms with van der Waals surface area (Å²) in [4.78, 5) is 30.9. The first-order chi connectivity index (χ1) is 18.6. The van der Waals surface area contributed by atoms with Crippen molar-refractivity contribution in [3.05, 3.63) is 82.8 Å². The highest BCUT2D eigenvalue weighted by Gasteiger charge is 2.32. The zero-order valence-electron chi connectivity index (χ0n) is 20.9. The van der Waals surface area contributed by atoms with E-state index in [2.05, 4.69) is 5.10 Å². The smallest absolute Gasteiger partial charge is 0.416 e. The van der Waals surface area contributed by atoms with Gasteiger partial charge in [-0.1, -0.05) is 49.6 Å². The lowest BCUT2D eigenvalue weighted by Gasteiger charge is -2.33. The predicted octanol–water partition coefficient (Wildman–Crippen LogP) is 5.61. The van der Waals surface area contributed by atoms with Crippen molar-refractivity contribution in [2.45, 2.75) is 64.1 Å². The molecule has 0 bridgehead atoms. The van der Waals surface area contributed by atoms with Crippen LogP contribution in [0.1, 0.15) is 59.3 Å². The maximum absolute atomic E-state index is 13.8. The van der Waals surface area contributed by atoms with Crippen LogP contribution in [0, 0.1) is 5.82 Å². The number of carbonyl (C=O) groups excluding carboxylic acids is 1. The first-order valence-corrected chi connectivity index (χ1v) is 12.4. The van der Waals surface area contributed by atoms with Crippen molar-refractivity contribution in [3.63, 3.8) is 0 Å². The molecule has 8 nitrogen and oxygen atoms in total. The average Bonchev–Trinajstić information content (AvgIpc) is 3.31. The van der Waals surface area contributed by atoms with Gasteiger partial charge in [0.15, 0.2) is 5.69 Å². The molecule has 0 saturated heterocycles. The number of carboxylic acid groups (broad SMARTS) is 1. The number of rotatable bonds is 10. The molecule has 1 N–H and O–H groups in total. The Kier molecular flexibility index (Phi) is 8.85. The Balaban J connectivity index is 1.53. The molecule has 0 aliphatic heterocycles. The number of alkyl halides is 3. The van der Waals surface area contributed by atoms with Crippen molar-refractivity contribution in [1.82, 2.24) is 14.8 Å². The Hall–Kier alpha value is -3.93. The Morgan fingerprint density at radius 3 is 2.38 bits per heavy atom. The molecule has 3 aromatic rings. The first-order valence-electron chi connectivity index (χ1n) is 12.4. The molecule has 1 heterocycles. The molecular formula is C27H27F4N3O5. The van der Waals surface area contributed by atoms with E-state index in [-0.39, 0.29) is 24.1 Å². The van der Waals surface area contributed by atoms with Crippen molar-refractivity contribution in [2.75, 3.05) is 0 Å². The van der Waals surface area contributed by atoms with Crippen LogP contribution in [-0.2, 0) is 35.6 Å². The van der Waals surface area contributed by atoms with Gasteiger partial charge in [-0.2, -0.15) is 18.3 Å². The molecule has 12 heteroatoms. The number of hydrogen-bond donors (Lipinski definition) is 1. The number of hydrogen-bond acceptors (Lipinski definition) is 5. The zero-order valence-corrected chi connectivity index (χ0v) is 20.9. The summed E-state index contributed by atoms with van der Waals surface area (Å²) < 4.78 is 59.5. The lowest BCUT2D eigenvalue weighted by atomic mass is 9.95. The van der Waals surface area contributed by atoms with Crippen LogP contribution in [0.3, 0.4) is 0 Å². The van der Waals surface area contributed by atoms with Gasteiger partial charge >= 0.3 is 12.1 Å². The Morgan fingerprint density at radius 2 is 1.72 bits per heavy atom. The molecule has 0 unspecified atom stereocenters. The van der Waals surface area contributed by atoms with Crippen molar-refractivity contribution in [2.24, 2.45) is 0 Å². The fourth-order valence-corrected chi connectivity index (χ4v) is 4.40. The highest BCUT2D eigenvalue weighted by atomic mass is 19.4. The third-order valence-electron chi connectivity index (χ3n) is 6.28. The van der Waals surface area contributed by atoms with E-state index in [9.17, 15) is 32.3 Å². The van der Waals surface area contributed by atoms with Crippen molar-refractivity contribution in [1.29, 1.82) is 0 Å². The van der Waals surface area contributed by atoms with Crippen molar-refractivity contribution in [3.8, 4) is 5.88 Å². The Bertz CT molecular complexity index is 1290. The van der Waals surface area contributed by atoms with Gasteiger partial charge in [-0.15, -0.1) is 0 Å². The molecule has 208 valence electrons. The molecule has 2 aromatic carbocycles. The molecule has 1 aliphatic rings. The second-order valence-corrected chi connectivity index (χ2v) is 9.24. The molecule has 0 spiro atoms. The van der Waals surface area contributed by atoms with Crippen LogP contribution in [0.2, 0.25) is 0 Å². The molecule has 1 aromatic heterocycles. The summed E-state index contributed by atoms with van der Waals surface area (Å²) in [6.07, 6.45) is -0.378. The minimum absolute atomic E-state index is 0.131. The molecular weight excluding hydrogens is 522 g/mol. The number of carboxylic acids is 1. The second kappa shape index (κ2) is 12.3. The molecule has 0 radical (unpaired) electrons. The summed E-state index contributed by atoms with van der Waals surface area (Å²) in [6, 6.07) is 12.1. The number of nitrogens with zero attached hydrogens (tertiary/aromatic N) is 3.